The van der Waals surface area contributed by atoms with Crippen molar-refractivity contribution in [1.29, 1.82) is 0 Å². The molecule has 2 aromatic rings. The van der Waals surface area contributed by atoms with Crippen LogP contribution in [0.25, 0.3) is 5.57 Å². The van der Waals surface area contributed by atoms with Crippen molar-refractivity contribution in [3.8, 4) is 0 Å². The highest BCUT2D eigenvalue weighted by atomic mass is 19.1. The number of carbonyl (C=O) groups is 4. The molecule has 3 aliphatic heterocycles. The van der Waals surface area contributed by atoms with E-state index in [1.807, 2.05) is 0 Å². The van der Waals surface area contributed by atoms with Gasteiger partial charge in [0.2, 0.25) is 0 Å². The Hall–Kier alpha value is -4.67. The lowest BCUT2D eigenvalue weighted by atomic mass is 9.75. The number of aliphatic carboxylic acids is 1. The minimum absolute atomic E-state index is 0.0733. The summed E-state index contributed by atoms with van der Waals surface area (Å²) < 4.78 is 14.1. The van der Waals surface area contributed by atoms with E-state index in [0.29, 0.717) is 22.5 Å². The Kier molecular flexibility index (Phi) is 5.70. The number of amides is 5. The molecule has 37 heavy (non-hydrogen) atoms. The van der Waals surface area contributed by atoms with Crippen LogP contribution in [0, 0.1) is 11.2 Å². The van der Waals surface area contributed by atoms with Gasteiger partial charge in [-0.1, -0.05) is 18.2 Å². The quantitative estimate of drug-likeness (QED) is 0.470. The molecule has 0 aliphatic carbocycles. The number of urea groups is 2. The van der Waals surface area contributed by atoms with Crippen LogP contribution in [0.5, 0.6) is 0 Å². The second-order valence-electron chi connectivity index (χ2n) is 9.13. The van der Waals surface area contributed by atoms with E-state index in [2.05, 4.69) is 16.0 Å². The number of carboxylic acids is 1. The number of imide groups is 1. The van der Waals surface area contributed by atoms with Gasteiger partial charge in [0.05, 0.1) is 17.9 Å². The maximum atomic E-state index is 14.1. The molecule has 0 saturated carbocycles. The van der Waals surface area contributed by atoms with Gasteiger partial charge in [0.1, 0.15) is 11.2 Å². The number of rotatable bonds is 4. The van der Waals surface area contributed by atoms with E-state index >= 15 is 0 Å². The first kappa shape index (κ1) is 24.0. The number of halogens is 1. The molecule has 190 valence electrons. The molecular formula is C26H24FN5O5. The number of benzene rings is 2. The lowest BCUT2D eigenvalue weighted by Gasteiger charge is -2.28. The Morgan fingerprint density at radius 3 is 2.62 bits per heavy atom. The van der Waals surface area contributed by atoms with Crippen LogP contribution in [0.3, 0.4) is 0 Å². The third kappa shape index (κ3) is 3.79. The van der Waals surface area contributed by atoms with Gasteiger partial charge in [-0.2, -0.15) is 0 Å². The van der Waals surface area contributed by atoms with E-state index in [9.17, 15) is 28.7 Å². The largest absolute Gasteiger partial charge is 0.480 e. The average Bonchev–Trinajstić information content (AvgIpc) is 3.48. The summed E-state index contributed by atoms with van der Waals surface area (Å²) in [5, 5.41) is 18.4. The number of fused-ring (bicyclic) bond motifs is 1. The highest BCUT2D eigenvalue weighted by Crippen LogP contribution is 2.43. The van der Waals surface area contributed by atoms with Gasteiger partial charge in [-0.3, -0.25) is 14.5 Å². The molecule has 5 amide bonds. The highest BCUT2D eigenvalue weighted by Gasteiger charge is 2.48. The Morgan fingerprint density at radius 2 is 1.95 bits per heavy atom. The summed E-state index contributed by atoms with van der Waals surface area (Å²) in [7, 11) is 0. The number of nitrogens with zero attached hydrogens (tertiary/aromatic N) is 2. The number of nitrogens with one attached hydrogen (secondary N) is 3. The first-order valence-corrected chi connectivity index (χ1v) is 11.6. The minimum Gasteiger partial charge on any atom is -0.480 e. The zero-order chi connectivity index (χ0) is 26.5. The van der Waals surface area contributed by atoms with Crippen molar-refractivity contribution in [3.63, 3.8) is 0 Å². The van der Waals surface area contributed by atoms with E-state index < -0.39 is 41.2 Å². The van der Waals surface area contributed by atoms with Gasteiger partial charge in [-0.05, 0) is 56.0 Å². The summed E-state index contributed by atoms with van der Waals surface area (Å²) in [6.45, 7) is 3.65. The molecule has 3 heterocycles. The number of anilines is 3. The predicted octanol–water partition coefficient (Wildman–Crippen LogP) is 3.60. The van der Waals surface area contributed by atoms with Crippen LogP contribution < -0.4 is 20.9 Å². The molecule has 0 bridgehead atoms. The van der Waals surface area contributed by atoms with Crippen LogP contribution in [-0.4, -0.2) is 53.1 Å². The zero-order valence-corrected chi connectivity index (χ0v) is 20.0. The summed E-state index contributed by atoms with van der Waals surface area (Å²) in [4.78, 5) is 52.8. The fourth-order valence-corrected chi connectivity index (χ4v) is 4.95. The van der Waals surface area contributed by atoms with Gasteiger partial charge in [-0.15, -0.1) is 0 Å². The number of carbonyl (C=O) groups excluding carboxylic acids is 3. The molecule has 1 saturated heterocycles. The van der Waals surface area contributed by atoms with Crippen LogP contribution in [0.2, 0.25) is 0 Å². The SMILES string of the molecule is CC1=CNC(C)C1(/C=C1\C(=O)Nc2cc(NC(=O)N3CCN(c4ccccc4F)C3=O)ccc21)C(=O)O. The second-order valence-corrected chi connectivity index (χ2v) is 9.13. The van der Waals surface area contributed by atoms with E-state index in [4.69, 9.17) is 0 Å². The molecule has 5 rings (SSSR count). The molecule has 2 atom stereocenters. The van der Waals surface area contributed by atoms with E-state index in [1.165, 1.54) is 35.2 Å². The maximum Gasteiger partial charge on any atom is 0.332 e. The van der Waals surface area contributed by atoms with E-state index in [0.717, 1.165) is 4.90 Å². The van der Waals surface area contributed by atoms with Gasteiger partial charge in [0.15, 0.2) is 0 Å². The van der Waals surface area contributed by atoms with Crippen molar-refractivity contribution >= 4 is 46.6 Å². The molecule has 4 N–H and O–H groups in total. The fourth-order valence-electron chi connectivity index (χ4n) is 4.95. The molecule has 3 aliphatic rings. The molecule has 2 aromatic carbocycles. The lowest BCUT2D eigenvalue weighted by molar-refractivity contribution is -0.144. The maximum absolute atomic E-state index is 14.1. The third-order valence-electron chi connectivity index (χ3n) is 7.06. The van der Waals surface area contributed by atoms with Crippen molar-refractivity contribution in [2.45, 2.75) is 19.9 Å². The topological polar surface area (TPSA) is 131 Å². The van der Waals surface area contributed by atoms with Crippen molar-refractivity contribution < 1.29 is 28.7 Å². The Balaban J connectivity index is 1.36. The minimum atomic E-state index is -1.39. The average molecular weight is 506 g/mol. The van der Waals surface area contributed by atoms with Gasteiger partial charge < -0.3 is 21.1 Å². The molecule has 0 spiro atoms. The van der Waals surface area contributed by atoms with E-state index in [1.54, 1.807) is 38.2 Å². The summed E-state index contributed by atoms with van der Waals surface area (Å²) in [5.74, 6) is -2.09. The number of carboxylic acid groups (broad SMARTS) is 1. The summed E-state index contributed by atoms with van der Waals surface area (Å²) in [6, 6.07) is 8.73. The molecule has 1 fully saturated rings. The summed E-state index contributed by atoms with van der Waals surface area (Å²) in [6.07, 6.45) is 3.10. The molecule has 2 unspecified atom stereocenters. The standard InChI is InChI=1S/C26H24FN5O5/c1-14-13-28-15(2)26(14,23(34)35)12-18-17-8-7-16(11-20(17)30-22(18)33)29-24(36)32-10-9-31(25(32)37)21-6-4-3-5-19(21)27/h3-8,11-13,15,28H,9-10H2,1-2H3,(H,29,36)(H,30,33)(H,34,35)/b18-12-. The predicted molar refractivity (Wildman–Crippen MR) is 134 cm³/mol. The van der Waals surface area contributed by atoms with Crippen molar-refractivity contribution in [2.75, 3.05) is 28.6 Å². The summed E-state index contributed by atoms with van der Waals surface area (Å²) in [5.41, 5.74) is 0.718. The number of hydrogen-bond acceptors (Lipinski definition) is 5. The van der Waals surface area contributed by atoms with Crippen molar-refractivity contribution in [2.24, 2.45) is 5.41 Å². The van der Waals surface area contributed by atoms with Crippen LogP contribution in [0.1, 0.15) is 19.4 Å². The normalized spacial score (nSPS) is 23.6. The highest BCUT2D eigenvalue weighted by molar-refractivity contribution is 6.32. The lowest BCUT2D eigenvalue weighted by Crippen LogP contribution is -2.42. The van der Waals surface area contributed by atoms with Gasteiger partial charge in [0.25, 0.3) is 5.91 Å². The molecule has 0 aromatic heterocycles. The van der Waals surface area contributed by atoms with Crippen molar-refractivity contribution in [1.82, 2.24) is 10.2 Å². The summed E-state index contributed by atoms with van der Waals surface area (Å²) >= 11 is 0. The molecular weight excluding hydrogens is 481 g/mol. The van der Waals surface area contributed by atoms with E-state index in [-0.39, 0.29) is 24.4 Å². The monoisotopic (exact) mass is 505 g/mol. The zero-order valence-electron chi connectivity index (χ0n) is 20.0. The number of para-hydroxylation sites is 1. The molecule has 0 radical (unpaired) electrons. The number of hydrogen-bond donors (Lipinski definition) is 4. The Labute approximate surface area is 211 Å². The second kappa shape index (κ2) is 8.77. The Bertz CT molecular complexity index is 1420. The van der Waals surface area contributed by atoms with Crippen LogP contribution in [0.15, 0.2) is 60.3 Å². The van der Waals surface area contributed by atoms with Gasteiger partial charge in [0, 0.05) is 29.4 Å². The van der Waals surface area contributed by atoms with Gasteiger partial charge in [-0.25, -0.2) is 18.9 Å². The molecule has 10 nitrogen and oxygen atoms in total. The van der Waals surface area contributed by atoms with Gasteiger partial charge >= 0.3 is 18.0 Å². The Morgan fingerprint density at radius 1 is 1.19 bits per heavy atom. The van der Waals surface area contributed by atoms with Crippen LogP contribution in [-0.2, 0) is 9.59 Å². The third-order valence-corrected chi connectivity index (χ3v) is 7.06. The van der Waals surface area contributed by atoms with Crippen LogP contribution in [0.4, 0.5) is 31.0 Å². The van der Waals surface area contributed by atoms with Crippen molar-refractivity contribution in [3.05, 3.63) is 71.7 Å². The van der Waals surface area contributed by atoms with Crippen LogP contribution >= 0.6 is 0 Å². The molecule has 11 heteroatoms. The fraction of sp³-hybridized carbons (Fsp3) is 0.231. The first-order chi connectivity index (χ1) is 17.6. The smallest absolute Gasteiger partial charge is 0.332 e. The first-order valence-electron chi connectivity index (χ1n) is 11.6.